The highest BCUT2D eigenvalue weighted by Gasteiger charge is 2.19. The summed E-state index contributed by atoms with van der Waals surface area (Å²) in [6.07, 6.45) is 0.762. The molecule has 0 saturated heterocycles. The molecule has 36 heavy (non-hydrogen) atoms. The van der Waals surface area contributed by atoms with Crippen molar-refractivity contribution in [3.8, 4) is 17.5 Å². The van der Waals surface area contributed by atoms with E-state index in [0.717, 1.165) is 16.9 Å². The lowest BCUT2D eigenvalue weighted by Crippen LogP contribution is -2.11. The number of aliphatic hydroxyl groups excluding tert-OH is 1. The normalized spacial score (nSPS) is 12.3. The number of hydrogen-bond acceptors (Lipinski definition) is 8. The number of nitrogens with zero attached hydrogens (tertiary/aromatic N) is 7. The number of fused-ring (bicyclic) bond motifs is 1. The second kappa shape index (κ2) is 9.30. The van der Waals surface area contributed by atoms with Crippen LogP contribution in [0.25, 0.3) is 22.7 Å². The fourth-order valence-corrected chi connectivity index (χ4v) is 3.77. The van der Waals surface area contributed by atoms with Crippen molar-refractivity contribution in [2.24, 2.45) is 0 Å². The number of aliphatic hydroxyl groups is 1. The van der Waals surface area contributed by atoms with E-state index >= 15 is 0 Å². The van der Waals surface area contributed by atoms with E-state index in [0.29, 0.717) is 34.2 Å². The topological polar surface area (TPSA) is 116 Å². The molecule has 0 aliphatic carbocycles. The molecular formula is C24H22F2N8O2. The number of pyridine rings is 1. The van der Waals surface area contributed by atoms with Gasteiger partial charge in [-0.05, 0) is 63.2 Å². The van der Waals surface area contributed by atoms with Crippen LogP contribution < -0.4 is 10.1 Å². The zero-order valence-electron chi connectivity index (χ0n) is 19.6. The van der Waals surface area contributed by atoms with Gasteiger partial charge in [-0.15, -0.1) is 10.2 Å². The van der Waals surface area contributed by atoms with Crippen LogP contribution in [-0.4, -0.2) is 46.2 Å². The van der Waals surface area contributed by atoms with E-state index in [1.807, 2.05) is 37.3 Å². The average Bonchev–Trinajstić information content (AvgIpc) is 3.42. The lowest BCUT2D eigenvalue weighted by atomic mass is 10.1. The number of aryl methyl sites for hydroxylation is 2. The van der Waals surface area contributed by atoms with Crippen molar-refractivity contribution in [2.45, 2.75) is 33.5 Å². The van der Waals surface area contributed by atoms with E-state index in [9.17, 15) is 13.9 Å². The van der Waals surface area contributed by atoms with Crippen LogP contribution in [0.1, 0.15) is 30.0 Å². The van der Waals surface area contributed by atoms with Crippen LogP contribution in [-0.2, 0) is 0 Å². The molecule has 0 saturated carbocycles. The van der Waals surface area contributed by atoms with Gasteiger partial charge in [0, 0.05) is 23.0 Å². The monoisotopic (exact) mass is 492 g/mol. The Balaban J connectivity index is 1.52. The van der Waals surface area contributed by atoms with Crippen LogP contribution in [0.4, 0.5) is 20.3 Å². The van der Waals surface area contributed by atoms with Gasteiger partial charge in [0.15, 0.2) is 11.6 Å². The molecule has 1 atom stereocenters. The molecule has 184 valence electrons. The van der Waals surface area contributed by atoms with Gasteiger partial charge in [0.05, 0.1) is 22.8 Å². The zero-order valence-corrected chi connectivity index (χ0v) is 19.6. The van der Waals surface area contributed by atoms with Crippen molar-refractivity contribution in [3.63, 3.8) is 0 Å². The molecule has 0 fully saturated rings. The molecule has 0 aliphatic heterocycles. The van der Waals surface area contributed by atoms with Crippen molar-refractivity contribution in [1.82, 2.24) is 34.5 Å². The van der Waals surface area contributed by atoms with Gasteiger partial charge in [0.2, 0.25) is 5.88 Å². The Kier molecular flexibility index (Phi) is 6.02. The molecule has 5 rings (SSSR count). The number of ether oxygens (including phenoxy) is 1. The van der Waals surface area contributed by atoms with E-state index in [1.54, 1.807) is 36.9 Å². The minimum atomic E-state index is -3.00. The van der Waals surface area contributed by atoms with E-state index in [1.165, 1.54) is 10.7 Å². The Morgan fingerprint density at radius 1 is 1.03 bits per heavy atom. The number of imidazole rings is 1. The van der Waals surface area contributed by atoms with Crippen molar-refractivity contribution in [1.29, 1.82) is 0 Å². The van der Waals surface area contributed by atoms with Gasteiger partial charge in [-0.2, -0.15) is 13.9 Å². The molecule has 0 radical (unpaired) electrons. The number of alkyl halides is 2. The Morgan fingerprint density at radius 3 is 2.58 bits per heavy atom. The first-order valence-electron chi connectivity index (χ1n) is 11.0. The maximum absolute atomic E-state index is 12.7. The van der Waals surface area contributed by atoms with Gasteiger partial charge < -0.3 is 15.2 Å². The fraction of sp³-hybridized carbons (Fsp3) is 0.208. The standard InChI is InChI=1S/C24H22F2N8O2/c1-13-4-8-20(31-30-13)28-16-5-7-19-18(11-16)27-12-33(19)21-9-6-17(15(3)35)23(29-21)34-14(2)10-22(32-34)36-24(25)26/h4-12,15,24,35H,1-3H3,(H,28,31). The predicted octanol–water partition coefficient (Wildman–Crippen LogP) is 4.41. The fourth-order valence-electron chi connectivity index (χ4n) is 3.77. The molecule has 4 aromatic heterocycles. The number of rotatable bonds is 7. The van der Waals surface area contributed by atoms with Gasteiger partial charge in [0.25, 0.3) is 0 Å². The van der Waals surface area contributed by atoms with Gasteiger partial charge in [-0.25, -0.2) is 14.6 Å². The van der Waals surface area contributed by atoms with Crippen LogP contribution in [0.3, 0.4) is 0 Å². The van der Waals surface area contributed by atoms with E-state index in [2.05, 4.69) is 30.3 Å². The van der Waals surface area contributed by atoms with E-state index in [4.69, 9.17) is 4.98 Å². The molecule has 2 N–H and O–H groups in total. The molecule has 1 unspecified atom stereocenters. The van der Waals surface area contributed by atoms with Crippen molar-refractivity contribution >= 4 is 22.5 Å². The number of anilines is 2. The first-order valence-corrected chi connectivity index (χ1v) is 11.0. The second-order valence-electron chi connectivity index (χ2n) is 8.18. The Morgan fingerprint density at radius 2 is 1.86 bits per heavy atom. The summed E-state index contributed by atoms with van der Waals surface area (Å²) in [7, 11) is 0. The molecule has 4 heterocycles. The molecule has 1 aromatic carbocycles. The SMILES string of the molecule is Cc1ccc(Nc2ccc3c(c2)ncn3-c2ccc(C(C)O)c(-n3nc(OC(F)F)cc3C)n2)nn1. The summed E-state index contributed by atoms with van der Waals surface area (Å²) in [5.41, 5.74) is 4.11. The highest BCUT2D eigenvalue weighted by Crippen LogP contribution is 2.27. The van der Waals surface area contributed by atoms with Crippen LogP contribution in [0, 0.1) is 13.8 Å². The van der Waals surface area contributed by atoms with Gasteiger partial charge in [-0.1, -0.05) is 0 Å². The Bertz CT molecular complexity index is 1530. The summed E-state index contributed by atoms with van der Waals surface area (Å²) >= 11 is 0. The number of halogens is 2. The van der Waals surface area contributed by atoms with Crippen molar-refractivity contribution in [2.75, 3.05) is 5.32 Å². The summed E-state index contributed by atoms with van der Waals surface area (Å²) in [6.45, 7) is 2.14. The number of aromatic nitrogens is 7. The molecule has 0 spiro atoms. The Hall–Kier alpha value is -4.45. The lowest BCUT2D eigenvalue weighted by molar-refractivity contribution is -0.0530. The first-order chi connectivity index (χ1) is 17.3. The molecule has 12 heteroatoms. The van der Waals surface area contributed by atoms with Gasteiger partial charge in [0.1, 0.15) is 12.1 Å². The summed E-state index contributed by atoms with van der Waals surface area (Å²) in [5.74, 6) is 1.18. The molecule has 0 amide bonds. The lowest BCUT2D eigenvalue weighted by Gasteiger charge is -2.14. The minimum Gasteiger partial charge on any atom is -0.415 e. The molecular weight excluding hydrogens is 470 g/mol. The van der Waals surface area contributed by atoms with Crippen LogP contribution in [0.2, 0.25) is 0 Å². The van der Waals surface area contributed by atoms with Gasteiger partial charge >= 0.3 is 6.61 Å². The number of benzene rings is 1. The predicted molar refractivity (Wildman–Crippen MR) is 128 cm³/mol. The first kappa shape index (κ1) is 23.3. The zero-order chi connectivity index (χ0) is 25.4. The quantitative estimate of drug-likeness (QED) is 0.343. The molecule has 0 bridgehead atoms. The molecule has 5 aromatic rings. The third-order valence-corrected chi connectivity index (χ3v) is 5.48. The summed E-state index contributed by atoms with van der Waals surface area (Å²) < 4.78 is 33.0. The number of nitrogens with one attached hydrogen (secondary N) is 1. The summed E-state index contributed by atoms with van der Waals surface area (Å²) in [4.78, 5) is 9.19. The Labute approximate surface area is 204 Å². The maximum atomic E-state index is 12.7. The van der Waals surface area contributed by atoms with Crippen molar-refractivity contribution < 1.29 is 18.6 Å². The third-order valence-electron chi connectivity index (χ3n) is 5.48. The average molecular weight is 492 g/mol. The summed E-state index contributed by atoms with van der Waals surface area (Å²) in [6, 6.07) is 14.2. The van der Waals surface area contributed by atoms with Gasteiger partial charge in [-0.3, -0.25) is 4.57 Å². The minimum absolute atomic E-state index is 0.238. The highest BCUT2D eigenvalue weighted by atomic mass is 19.3. The van der Waals surface area contributed by atoms with Crippen molar-refractivity contribution in [3.05, 3.63) is 71.8 Å². The number of hydrogen-bond donors (Lipinski definition) is 2. The van der Waals surface area contributed by atoms with Crippen LogP contribution >= 0.6 is 0 Å². The molecule has 0 aliphatic rings. The smallest absolute Gasteiger partial charge is 0.388 e. The van der Waals surface area contributed by atoms with Crippen LogP contribution in [0.15, 0.2) is 54.9 Å². The second-order valence-corrected chi connectivity index (χ2v) is 8.18. The van der Waals surface area contributed by atoms with E-state index < -0.39 is 12.7 Å². The molecule has 10 nitrogen and oxygen atoms in total. The maximum Gasteiger partial charge on any atom is 0.388 e. The third kappa shape index (κ3) is 4.58. The largest absolute Gasteiger partial charge is 0.415 e. The summed E-state index contributed by atoms with van der Waals surface area (Å²) in [5, 5.41) is 25.8. The van der Waals surface area contributed by atoms with E-state index in [-0.39, 0.29) is 5.88 Å². The highest BCUT2D eigenvalue weighted by molar-refractivity contribution is 5.82. The van der Waals surface area contributed by atoms with Crippen LogP contribution in [0.5, 0.6) is 5.88 Å².